The van der Waals surface area contributed by atoms with E-state index < -0.39 is 6.03 Å². The SMILES string of the molecule is CCN1CCN(c2ccc(NC(=O)c3ccc(NC(N)=O)cc3)cc2C)CC1. The maximum absolute atomic E-state index is 12.5. The number of amides is 3. The molecule has 3 amide bonds. The number of aryl methyl sites for hydroxylation is 1. The number of urea groups is 1. The number of rotatable bonds is 5. The fraction of sp³-hybridized carbons (Fsp3) is 0.333. The van der Waals surface area contributed by atoms with E-state index in [1.54, 1.807) is 24.3 Å². The van der Waals surface area contributed by atoms with Crippen LogP contribution in [0.4, 0.5) is 21.9 Å². The third-order valence-electron chi connectivity index (χ3n) is 5.03. The molecule has 0 saturated carbocycles. The zero-order valence-electron chi connectivity index (χ0n) is 16.4. The van der Waals surface area contributed by atoms with Crippen LogP contribution < -0.4 is 21.3 Å². The van der Waals surface area contributed by atoms with E-state index in [-0.39, 0.29) is 5.91 Å². The van der Waals surface area contributed by atoms with Gasteiger partial charge in [0.2, 0.25) is 0 Å². The highest BCUT2D eigenvalue weighted by molar-refractivity contribution is 6.04. The van der Waals surface area contributed by atoms with Gasteiger partial charge in [0.05, 0.1) is 0 Å². The molecule has 1 heterocycles. The molecule has 2 aromatic rings. The van der Waals surface area contributed by atoms with Crippen LogP contribution in [0.5, 0.6) is 0 Å². The number of hydrogen-bond donors (Lipinski definition) is 3. The van der Waals surface area contributed by atoms with E-state index in [9.17, 15) is 9.59 Å². The van der Waals surface area contributed by atoms with Gasteiger partial charge in [-0.2, -0.15) is 0 Å². The van der Waals surface area contributed by atoms with E-state index in [1.807, 2.05) is 12.1 Å². The molecular formula is C21H27N5O2. The van der Waals surface area contributed by atoms with Crippen molar-refractivity contribution in [3.63, 3.8) is 0 Å². The molecule has 0 aromatic heterocycles. The second kappa shape index (κ2) is 8.75. The van der Waals surface area contributed by atoms with Crippen LogP contribution in [0.2, 0.25) is 0 Å². The first-order chi connectivity index (χ1) is 13.5. The van der Waals surface area contributed by atoms with E-state index in [4.69, 9.17) is 5.73 Å². The lowest BCUT2D eigenvalue weighted by Gasteiger charge is -2.36. The number of nitrogens with one attached hydrogen (secondary N) is 2. The van der Waals surface area contributed by atoms with Crippen molar-refractivity contribution < 1.29 is 9.59 Å². The summed E-state index contributed by atoms with van der Waals surface area (Å²) in [4.78, 5) is 28.2. The van der Waals surface area contributed by atoms with Gasteiger partial charge >= 0.3 is 6.03 Å². The third-order valence-corrected chi connectivity index (χ3v) is 5.03. The van der Waals surface area contributed by atoms with Gasteiger partial charge in [-0.05, 0) is 61.5 Å². The molecule has 28 heavy (non-hydrogen) atoms. The summed E-state index contributed by atoms with van der Waals surface area (Å²) < 4.78 is 0. The molecule has 7 heteroatoms. The standard InChI is InChI=1S/C21H27N5O2/c1-3-25-10-12-26(13-11-25)19-9-8-18(14-15(19)2)23-20(27)16-4-6-17(7-5-16)24-21(22)28/h4-9,14H,3,10-13H2,1-2H3,(H,23,27)(H3,22,24,28). The van der Waals surface area contributed by atoms with Gasteiger partial charge < -0.3 is 26.2 Å². The summed E-state index contributed by atoms with van der Waals surface area (Å²) in [5.74, 6) is -0.200. The Morgan fingerprint density at radius 2 is 1.61 bits per heavy atom. The van der Waals surface area contributed by atoms with Gasteiger partial charge in [0.25, 0.3) is 5.91 Å². The van der Waals surface area contributed by atoms with E-state index >= 15 is 0 Å². The Kier molecular flexibility index (Phi) is 6.16. The largest absolute Gasteiger partial charge is 0.369 e. The second-order valence-electron chi connectivity index (χ2n) is 6.94. The maximum Gasteiger partial charge on any atom is 0.316 e. The third kappa shape index (κ3) is 4.80. The van der Waals surface area contributed by atoms with Crippen LogP contribution in [-0.4, -0.2) is 49.6 Å². The molecule has 7 nitrogen and oxygen atoms in total. The molecule has 1 fully saturated rings. The molecule has 2 aromatic carbocycles. The minimum atomic E-state index is -0.635. The summed E-state index contributed by atoms with van der Waals surface area (Å²) in [6, 6.07) is 12.0. The summed E-state index contributed by atoms with van der Waals surface area (Å²) in [6.45, 7) is 9.56. The average molecular weight is 381 g/mol. The number of hydrogen-bond acceptors (Lipinski definition) is 4. The summed E-state index contributed by atoms with van der Waals surface area (Å²) in [5.41, 5.74) is 9.26. The van der Waals surface area contributed by atoms with Crippen LogP contribution in [-0.2, 0) is 0 Å². The van der Waals surface area contributed by atoms with Crippen molar-refractivity contribution >= 4 is 29.0 Å². The lowest BCUT2D eigenvalue weighted by molar-refractivity contribution is 0.102. The molecule has 0 radical (unpaired) electrons. The Balaban J connectivity index is 1.64. The van der Waals surface area contributed by atoms with Gasteiger partial charge in [-0.3, -0.25) is 4.79 Å². The topological polar surface area (TPSA) is 90.7 Å². The molecule has 0 spiro atoms. The summed E-state index contributed by atoms with van der Waals surface area (Å²) >= 11 is 0. The minimum absolute atomic E-state index is 0.200. The second-order valence-corrected chi connectivity index (χ2v) is 6.94. The number of likely N-dealkylation sites (N-methyl/N-ethyl adjacent to an activating group) is 1. The zero-order valence-corrected chi connectivity index (χ0v) is 16.4. The number of anilines is 3. The van der Waals surface area contributed by atoms with Crippen LogP contribution >= 0.6 is 0 Å². The summed E-state index contributed by atoms with van der Waals surface area (Å²) in [5, 5.41) is 5.40. The maximum atomic E-state index is 12.5. The number of nitrogens with zero attached hydrogens (tertiary/aromatic N) is 2. The van der Waals surface area contributed by atoms with Gasteiger partial charge in [-0.1, -0.05) is 6.92 Å². The van der Waals surface area contributed by atoms with Crippen molar-refractivity contribution in [2.75, 3.05) is 48.3 Å². The minimum Gasteiger partial charge on any atom is -0.369 e. The first kappa shape index (κ1) is 19.7. The summed E-state index contributed by atoms with van der Waals surface area (Å²) in [7, 11) is 0. The monoisotopic (exact) mass is 381 g/mol. The highest BCUT2D eigenvalue weighted by Crippen LogP contribution is 2.25. The number of piperazine rings is 1. The van der Waals surface area contributed by atoms with Crippen molar-refractivity contribution in [2.45, 2.75) is 13.8 Å². The normalized spacial score (nSPS) is 14.6. The van der Waals surface area contributed by atoms with Gasteiger partial charge in [0.1, 0.15) is 0 Å². The predicted octanol–water partition coefficient (Wildman–Crippen LogP) is 2.88. The van der Waals surface area contributed by atoms with Crippen LogP contribution in [0.25, 0.3) is 0 Å². The highest BCUT2D eigenvalue weighted by atomic mass is 16.2. The lowest BCUT2D eigenvalue weighted by Crippen LogP contribution is -2.46. The molecule has 0 bridgehead atoms. The van der Waals surface area contributed by atoms with Crippen LogP contribution in [0.3, 0.4) is 0 Å². The van der Waals surface area contributed by atoms with Crippen LogP contribution in [0.15, 0.2) is 42.5 Å². The molecule has 0 unspecified atom stereocenters. The molecule has 3 rings (SSSR count). The molecule has 0 aliphatic carbocycles. The Hall–Kier alpha value is -3.06. The van der Waals surface area contributed by atoms with Gasteiger partial charge in [0, 0.05) is 48.8 Å². The van der Waals surface area contributed by atoms with Gasteiger partial charge in [-0.15, -0.1) is 0 Å². The molecule has 148 valence electrons. The van der Waals surface area contributed by atoms with E-state index in [0.29, 0.717) is 11.3 Å². The number of benzene rings is 2. The molecule has 4 N–H and O–H groups in total. The van der Waals surface area contributed by atoms with Crippen molar-refractivity contribution in [3.8, 4) is 0 Å². The zero-order chi connectivity index (χ0) is 20.1. The first-order valence-electron chi connectivity index (χ1n) is 9.52. The van der Waals surface area contributed by atoms with Crippen molar-refractivity contribution in [2.24, 2.45) is 5.73 Å². The molecule has 1 saturated heterocycles. The van der Waals surface area contributed by atoms with Crippen LogP contribution in [0.1, 0.15) is 22.8 Å². The number of carbonyl (C=O) groups is 2. The first-order valence-corrected chi connectivity index (χ1v) is 9.52. The van der Waals surface area contributed by atoms with Crippen molar-refractivity contribution in [3.05, 3.63) is 53.6 Å². The predicted molar refractivity (Wildman–Crippen MR) is 113 cm³/mol. The number of carbonyl (C=O) groups excluding carboxylic acids is 2. The molecule has 1 aliphatic rings. The fourth-order valence-corrected chi connectivity index (χ4v) is 3.44. The fourth-order valence-electron chi connectivity index (χ4n) is 3.44. The summed E-state index contributed by atoms with van der Waals surface area (Å²) in [6.07, 6.45) is 0. The van der Waals surface area contributed by atoms with Crippen molar-refractivity contribution in [1.29, 1.82) is 0 Å². The smallest absolute Gasteiger partial charge is 0.316 e. The Morgan fingerprint density at radius 1 is 0.964 bits per heavy atom. The quantitative estimate of drug-likeness (QED) is 0.743. The van der Waals surface area contributed by atoms with Gasteiger partial charge in [0.15, 0.2) is 0 Å². The van der Waals surface area contributed by atoms with E-state index in [0.717, 1.165) is 44.0 Å². The number of primary amides is 1. The van der Waals surface area contributed by atoms with Crippen molar-refractivity contribution in [1.82, 2.24) is 4.90 Å². The van der Waals surface area contributed by atoms with Crippen LogP contribution in [0, 0.1) is 6.92 Å². The Bertz CT molecular complexity index is 842. The van der Waals surface area contributed by atoms with E-state index in [1.165, 1.54) is 5.69 Å². The molecular weight excluding hydrogens is 354 g/mol. The Morgan fingerprint density at radius 3 is 2.18 bits per heavy atom. The lowest BCUT2D eigenvalue weighted by atomic mass is 10.1. The highest BCUT2D eigenvalue weighted by Gasteiger charge is 2.17. The average Bonchev–Trinajstić information content (AvgIpc) is 2.68. The van der Waals surface area contributed by atoms with Gasteiger partial charge in [-0.25, -0.2) is 4.79 Å². The Labute approximate surface area is 165 Å². The van der Waals surface area contributed by atoms with E-state index in [2.05, 4.69) is 40.3 Å². The number of nitrogens with two attached hydrogens (primary N) is 1. The molecule has 0 atom stereocenters. The molecule has 1 aliphatic heterocycles.